The molecule has 0 saturated carbocycles. The SMILES string of the molecule is Cc1cc(Nc2ccc(NC(=O)Cc3csc(NS(=O)(=O)c4ccccc4)n3)cc2)ncn1. The van der Waals surface area contributed by atoms with Crippen LogP contribution in [-0.4, -0.2) is 29.3 Å². The number of anilines is 4. The smallest absolute Gasteiger partial charge is 0.263 e. The standard InChI is InChI=1S/C22H20N6O3S2/c1-15-11-20(24-14-23-15)25-16-7-9-17(10-8-16)26-21(29)12-18-13-32-22(27-18)28-33(30,31)19-5-3-2-4-6-19/h2-11,13-14H,12H2,1H3,(H,26,29)(H,27,28)(H,23,24,25). The van der Waals surface area contributed by atoms with Gasteiger partial charge in [-0.3, -0.25) is 9.52 Å². The van der Waals surface area contributed by atoms with E-state index in [4.69, 9.17) is 0 Å². The molecule has 0 saturated heterocycles. The quantitative estimate of drug-likeness (QED) is 0.348. The third-order valence-electron chi connectivity index (χ3n) is 4.41. The van der Waals surface area contributed by atoms with Gasteiger partial charge in [-0.05, 0) is 43.3 Å². The summed E-state index contributed by atoms with van der Waals surface area (Å²) in [6, 6.07) is 17.1. The number of sulfonamides is 1. The Kier molecular flexibility index (Phi) is 6.61. The number of carbonyl (C=O) groups excluding carboxylic acids is 1. The van der Waals surface area contributed by atoms with Gasteiger partial charge in [0.1, 0.15) is 12.1 Å². The summed E-state index contributed by atoms with van der Waals surface area (Å²) in [5.74, 6) is 0.423. The van der Waals surface area contributed by atoms with Gasteiger partial charge in [0.2, 0.25) is 5.91 Å². The highest BCUT2D eigenvalue weighted by Gasteiger charge is 2.16. The van der Waals surface area contributed by atoms with Gasteiger partial charge < -0.3 is 10.6 Å². The van der Waals surface area contributed by atoms with Crippen LogP contribution in [-0.2, 0) is 21.2 Å². The lowest BCUT2D eigenvalue weighted by Gasteiger charge is -2.08. The summed E-state index contributed by atoms with van der Waals surface area (Å²) in [6.45, 7) is 1.88. The number of rotatable bonds is 8. The second-order valence-corrected chi connectivity index (χ2v) is 9.57. The van der Waals surface area contributed by atoms with E-state index in [0.717, 1.165) is 22.7 Å². The number of thiazole rings is 1. The zero-order chi connectivity index (χ0) is 23.3. The Bertz CT molecular complexity index is 1360. The second kappa shape index (κ2) is 9.76. The monoisotopic (exact) mass is 480 g/mol. The summed E-state index contributed by atoms with van der Waals surface area (Å²) in [4.78, 5) is 25.0. The third kappa shape index (κ3) is 6.11. The van der Waals surface area contributed by atoms with Gasteiger partial charge in [0, 0.05) is 28.5 Å². The fourth-order valence-electron chi connectivity index (χ4n) is 2.89. The van der Waals surface area contributed by atoms with E-state index in [1.165, 1.54) is 18.5 Å². The molecule has 1 amide bonds. The van der Waals surface area contributed by atoms with Crippen LogP contribution in [0.4, 0.5) is 22.3 Å². The second-order valence-electron chi connectivity index (χ2n) is 7.03. The van der Waals surface area contributed by atoms with E-state index < -0.39 is 10.0 Å². The van der Waals surface area contributed by atoms with E-state index in [1.54, 1.807) is 35.7 Å². The van der Waals surface area contributed by atoms with Gasteiger partial charge >= 0.3 is 0 Å². The summed E-state index contributed by atoms with van der Waals surface area (Å²) >= 11 is 1.12. The van der Waals surface area contributed by atoms with E-state index in [2.05, 4.69) is 30.3 Å². The number of amides is 1. The highest BCUT2D eigenvalue weighted by molar-refractivity contribution is 7.93. The zero-order valence-electron chi connectivity index (χ0n) is 17.5. The van der Waals surface area contributed by atoms with Crippen LogP contribution in [0.5, 0.6) is 0 Å². The predicted octanol–water partition coefficient (Wildman–Crippen LogP) is 3.97. The molecule has 2 aromatic heterocycles. The van der Waals surface area contributed by atoms with E-state index in [9.17, 15) is 13.2 Å². The maximum atomic E-state index is 12.4. The molecule has 33 heavy (non-hydrogen) atoms. The van der Waals surface area contributed by atoms with Gasteiger partial charge in [-0.15, -0.1) is 11.3 Å². The first kappa shape index (κ1) is 22.4. The third-order valence-corrected chi connectivity index (χ3v) is 6.70. The van der Waals surface area contributed by atoms with Gasteiger partial charge in [-0.2, -0.15) is 0 Å². The largest absolute Gasteiger partial charge is 0.340 e. The van der Waals surface area contributed by atoms with Crippen molar-refractivity contribution in [2.45, 2.75) is 18.2 Å². The molecule has 0 radical (unpaired) electrons. The molecule has 0 unspecified atom stereocenters. The van der Waals surface area contributed by atoms with Gasteiger partial charge in [-0.25, -0.2) is 23.4 Å². The van der Waals surface area contributed by atoms with Crippen LogP contribution in [0.3, 0.4) is 0 Å². The van der Waals surface area contributed by atoms with E-state index in [1.807, 2.05) is 25.1 Å². The van der Waals surface area contributed by atoms with Crippen molar-refractivity contribution in [3.05, 3.63) is 83.8 Å². The van der Waals surface area contributed by atoms with Crippen molar-refractivity contribution in [2.75, 3.05) is 15.4 Å². The molecule has 9 nitrogen and oxygen atoms in total. The van der Waals surface area contributed by atoms with Crippen LogP contribution >= 0.6 is 11.3 Å². The van der Waals surface area contributed by atoms with Crippen molar-refractivity contribution in [3.63, 3.8) is 0 Å². The molecule has 0 atom stereocenters. The molecule has 0 aliphatic rings. The molecular weight excluding hydrogens is 460 g/mol. The fraction of sp³-hybridized carbons (Fsp3) is 0.0909. The number of nitrogens with zero attached hydrogens (tertiary/aromatic N) is 3. The number of aryl methyl sites for hydroxylation is 1. The molecule has 0 fully saturated rings. The molecule has 0 aliphatic heterocycles. The minimum Gasteiger partial charge on any atom is -0.340 e. The lowest BCUT2D eigenvalue weighted by molar-refractivity contribution is -0.115. The van der Waals surface area contributed by atoms with Crippen LogP contribution in [0, 0.1) is 6.92 Å². The zero-order valence-corrected chi connectivity index (χ0v) is 19.2. The number of hydrogen-bond acceptors (Lipinski definition) is 8. The maximum absolute atomic E-state index is 12.4. The molecule has 2 heterocycles. The van der Waals surface area contributed by atoms with Crippen molar-refractivity contribution in [1.82, 2.24) is 15.0 Å². The minimum atomic E-state index is -3.72. The highest BCUT2D eigenvalue weighted by Crippen LogP contribution is 2.21. The topological polar surface area (TPSA) is 126 Å². The Morgan fingerprint density at radius 3 is 2.45 bits per heavy atom. The van der Waals surface area contributed by atoms with Gasteiger partial charge in [0.15, 0.2) is 5.13 Å². The Morgan fingerprint density at radius 1 is 1.00 bits per heavy atom. The van der Waals surface area contributed by atoms with Crippen LogP contribution in [0.15, 0.2) is 77.3 Å². The van der Waals surface area contributed by atoms with Crippen LogP contribution < -0.4 is 15.4 Å². The molecule has 2 aromatic carbocycles. The molecule has 11 heteroatoms. The van der Waals surface area contributed by atoms with Crippen LogP contribution in [0.25, 0.3) is 0 Å². The number of carbonyl (C=O) groups is 1. The molecule has 0 spiro atoms. The average Bonchev–Trinajstić information content (AvgIpc) is 3.21. The van der Waals surface area contributed by atoms with E-state index in [0.29, 0.717) is 17.2 Å². The van der Waals surface area contributed by atoms with Gasteiger partial charge in [-0.1, -0.05) is 18.2 Å². The number of hydrogen-bond donors (Lipinski definition) is 3. The predicted molar refractivity (Wildman–Crippen MR) is 128 cm³/mol. The van der Waals surface area contributed by atoms with Crippen molar-refractivity contribution >= 4 is 49.6 Å². The Hall–Kier alpha value is -3.83. The van der Waals surface area contributed by atoms with Crippen molar-refractivity contribution in [1.29, 1.82) is 0 Å². The average molecular weight is 481 g/mol. The summed E-state index contributed by atoms with van der Waals surface area (Å²) in [5, 5.41) is 7.83. The van der Waals surface area contributed by atoms with E-state index >= 15 is 0 Å². The van der Waals surface area contributed by atoms with Gasteiger partial charge in [0.05, 0.1) is 17.0 Å². The molecule has 0 aliphatic carbocycles. The molecule has 3 N–H and O–H groups in total. The van der Waals surface area contributed by atoms with Gasteiger partial charge in [0.25, 0.3) is 10.0 Å². The molecular formula is C22H20N6O3S2. The Balaban J connectivity index is 1.32. The first-order chi connectivity index (χ1) is 15.9. The van der Waals surface area contributed by atoms with Crippen LogP contribution in [0.2, 0.25) is 0 Å². The lowest BCUT2D eigenvalue weighted by Crippen LogP contribution is -2.15. The molecule has 4 aromatic rings. The van der Waals surface area contributed by atoms with E-state index in [-0.39, 0.29) is 22.4 Å². The molecule has 0 bridgehead atoms. The van der Waals surface area contributed by atoms with Crippen LogP contribution in [0.1, 0.15) is 11.4 Å². The molecule has 168 valence electrons. The Morgan fingerprint density at radius 2 is 1.73 bits per heavy atom. The molecule has 4 rings (SSSR count). The first-order valence-corrected chi connectivity index (χ1v) is 12.2. The number of nitrogens with one attached hydrogen (secondary N) is 3. The van der Waals surface area contributed by atoms with Crippen molar-refractivity contribution in [2.24, 2.45) is 0 Å². The minimum absolute atomic E-state index is 0.0176. The Labute approximate surface area is 195 Å². The summed E-state index contributed by atoms with van der Waals surface area (Å²) in [7, 11) is -3.72. The lowest BCUT2D eigenvalue weighted by atomic mass is 10.2. The summed E-state index contributed by atoms with van der Waals surface area (Å²) in [6.07, 6.45) is 1.51. The maximum Gasteiger partial charge on any atom is 0.263 e. The fourth-order valence-corrected chi connectivity index (χ4v) is 4.87. The summed E-state index contributed by atoms with van der Waals surface area (Å²) in [5.41, 5.74) is 2.78. The first-order valence-electron chi connectivity index (χ1n) is 9.85. The van der Waals surface area contributed by atoms with Crippen molar-refractivity contribution in [3.8, 4) is 0 Å². The normalized spacial score (nSPS) is 11.1. The van der Waals surface area contributed by atoms with Crippen molar-refractivity contribution < 1.29 is 13.2 Å². The number of benzene rings is 2. The highest BCUT2D eigenvalue weighted by atomic mass is 32.2. The number of aromatic nitrogens is 3. The summed E-state index contributed by atoms with van der Waals surface area (Å²) < 4.78 is 27.2.